The molecular formula is C84H129N7O43. The lowest BCUT2D eigenvalue weighted by Crippen LogP contribution is -2.66. The topological polar surface area (TPSA) is 614 Å². The molecule has 50 nitrogen and oxygen atoms in total. The number of amides is 7. The Kier molecular flexibility index (Phi) is 57.8. The van der Waals surface area contributed by atoms with Gasteiger partial charge in [0, 0.05) is 96.2 Å². The van der Waals surface area contributed by atoms with E-state index in [4.69, 9.17) is 119 Å². The predicted molar refractivity (Wildman–Crippen MR) is 447 cm³/mol. The van der Waals surface area contributed by atoms with Crippen molar-refractivity contribution in [2.75, 3.05) is 165 Å². The number of unbranched alkanes of at least 4 members (excludes halogenated alkanes) is 2. The van der Waals surface area contributed by atoms with Crippen molar-refractivity contribution >= 4 is 101 Å². The standard InChI is InChI=1S/C84H129N7O43/c1-50(92)87-70-75(126-57(8)99)73(124-55(6)97)65(45-121-53(4)95)130-81(70)118-41-38-112-29-26-109-32-35-115-47-67(104)85-24-18-16-22-63(90-69(106)49-117-37-34-111-28-30-113-39-42-119-82-71(88-51(2)93)76(127-58(9)100)74(125-56(7)98)66(131-82)46-122-54(5)96)79(107)91-64(80(108)123-44-62-20-14-13-15-21-62)23-17-19-25-86-68(105)48-116-36-33-110-27-31-114-40-43-120-83-72(89-52(3)94)77(128-59(10)101)78(129-60(11)102)84(132-83)134-133-61(12)103/h13-15,20-21,63-66,70-78,81-84H,16-19,22-49H2,1-12H3,(H,85,104)(H,86,105)(H,87,92)(H,88,93)(H,89,94)(H,90,106)(H,91,107)/t63-,64-,65+,66+,70+,71+,72+,73-,74-,75+,76+,77+,78+,81+,82+,83+,84+/m0/s1. The van der Waals surface area contributed by atoms with Gasteiger partial charge in [-0.15, -0.1) is 4.89 Å². The molecule has 50 heteroatoms. The van der Waals surface area contributed by atoms with Gasteiger partial charge in [0.2, 0.25) is 47.6 Å². The van der Waals surface area contributed by atoms with Crippen molar-refractivity contribution in [1.29, 1.82) is 0 Å². The molecule has 0 radical (unpaired) electrons. The summed E-state index contributed by atoms with van der Waals surface area (Å²) < 4.78 is 134. The average molecular weight is 1920 g/mol. The van der Waals surface area contributed by atoms with Gasteiger partial charge in [-0.1, -0.05) is 30.3 Å². The van der Waals surface area contributed by atoms with Crippen LogP contribution < -0.4 is 37.2 Å². The van der Waals surface area contributed by atoms with Crippen LogP contribution in [0.15, 0.2) is 30.3 Å². The Hall–Kier alpha value is -10.4. The Balaban J connectivity index is 1.28. The lowest BCUT2D eigenvalue weighted by molar-refractivity contribution is -0.417. The summed E-state index contributed by atoms with van der Waals surface area (Å²) in [6, 6.07) is 2.66. The summed E-state index contributed by atoms with van der Waals surface area (Å²) >= 11 is 0. The molecule has 7 N–H and O–H groups in total. The molecule has 3 fully saturated rings. The van der Waals surface area contributed by atoms with Gasteiger partial charge in [-0.3, -0.25) is 76.8 Å². The summed E-state index contributed by atoms with van der Waals surface area (Å²) in [6.07, 6.45) is -15.0. The molecule has 3 saturated heterocycles. The molecule has 1 aromatic carbocycles. The Morgan fingerprint density at radius 3 is 1.01 bits per heavy atom. The van der Waals surface area contributed by atoms with E-state index in [1.165, 1.54) is 20.8 Å². The second-order valence-electron chi connectivity index (χ2n) is 29.8. The zero-order chi connectivity index (χ0) is 98.7. The number of ether oxygens (including phenoxy) is 24. The Labute approximate surface area is 773 Å². The Morgan fingerprint density at radius 1 is 0.321 bits per heavy atom. The Bertz CT molecular complexity index is 3790. The van der Waals surface area contributed by atoms with E-state index in [9.17, 15) is 81.5 Å². The van der Waals surface area contributed by atoms with Crippen LogP contribution in [0.2, 0.25) is 0 Å². The first-order valence-electron chi connectivity index (χ1n) is 43.3. The summed E-state index contributed by atoms with van der Waals surface area (Å²) in [6.45, 7) is 11.6. The summed E-state index contributed by atoms with van der Waals surface area (Å²) in [5, 5.41) is 18.7. The minimum absolute atomic E-state index is 0.00827. The second-order valence-corrected chi connectivity index (χ2v) is 29.8. The number of carbonyl (C=O) groups is 17. The zero-order valence-electron chi connectivity index (χ0n) is 77.4. The molecule has 3 heterocycles. The number of carbonyl (C=O) groups excluding carboxylic acids is 17. The molecule has 0 saturated carbocycles. The largest absolute Gasteiger partial charge is 0.463 e. The highest BCUT2D eigenvalue weighted by Crippen LogP contribution is 2.32. The molecule has 0 aromatic heterocycles. The lowest BCUT2D eigenvalue weighted by atomic mass is 9.96. The molecule has 7 amide bonds. The molecule has 3 aliphatic heterocycles. The minimum Gasteiger partial charge on any atom is -0.463 e. The number of hydrogen-bond donors (Lipinski definition) is 7. The van der Waals surface area contributed by atoms with E-state index in [1.807, 2.05) is 0 Å². The average Bonchev–Trinajstić information content (AvgIpc) is 0.794. The van der Waals surface area contributed by atoms with Crippen LogP contribution in [-0.2, 0) is 212 Å². The monoisotopic (exact) mass is 1920 g/mol. The fourth-order valence-electron chi connectivity index (χ4n) is 12.9. The number of esters is 9. The van der Waals surface area contributed by atoms with Crippen LogP contribution in [0.4, 0.5) is 0 Å². The van der Waals surface area contributed by atoms with Crippen molar-refractivity contribution in [1.82, 2.24) is 37.2 Å². The summed E-state index contributed by atoms with van der Waals surface area (Å²) in [4.78, 5) is 222. The van der Waals surface area contributed by atoms with E-state index in [2.05, 4.69) is 42.1 Å². The molecule has 4 rings (SSSR count). The molecule has 3 aliphatic rings. The number of rotatable bonds is 67. The molecule has 0 unspecified atom stereocenters. The smallest absolute Gasteiger partial charge is 0.339 e. The van der Waals surface area contributed by atoms with Crippen LogP contribution in [0.5, 0.6) is 0 Å². The highest BCUT2D eigenvalue weighted by Gasteiger charge is 2.55. The molecule has 134 heavy (non-hydrogen) atoms. The maximum Gasteiger partial charge on any atom is 0.339 e. The van der Waals surface area contributed by atoms with Crippen molar-refractivity contribution in [2.24, 2.45) is 0 Å². The zero-order valence-corrected chi connectivity index (χ0v) is 77.4. The molecular weight excluding hydrogens is 1790 g/mol. The number of hydrogen-bond acceptors (Lipinski definition) is 43. The maximum atomic E-state index is 14.4. The van der Waals surface area contributed by atoms with E-state index in [1.54, 1.807) is 30.3 Å². The fourth-order valence-corrected chi connectivity index (χ4v) is 12.9. The van der Waals surface area contributed by atoms with E-state index < -0.39 is 225 Å². The van der Waals surface area contributed by atoms with Crippen molar-refractivity contribution in [3.05, 3.63) is 35.9 Å². The van der Waals surface area contributed by atoms with Gasteiger partial charge in [0.25, 0.3) is 0 Å². The van der Waals surface area contributed by atoms with Gasteiger partial charge in [-0.25, -0.2) is 9.59 Å². The van der Waals surface area contributed by atoms with Crippen LogP contribution in [0, 0.1) is 0 Å². The molecule has 0 spiro atoms. The van der Waals surface area contributed by atoms with Crippen LogP contribution >= 0.6 is 0 Å². The van der Waals surface area contributed by atoms with Crippen molar-refractivity contribution in [3.63, 3.8) is 0 Å². The minimum atomic E-state index is -1.66. The lowest BCUT2D eigenvalue weighted by Gasteiger charge is -2.44. The van der Waals surface area contributed by atoms with Gasteiger partial charge < -0.3 is 151 Å². The number of benzene rings is 1. The van der Waals surface area contributed by atoms with Crippen LogP contribution in [-0.4, -0.2) is 370 Å². The van der Waals surface area contributed by atoms with Gasteiger partial charge in [-0.05, 0) is 44.1 Å². The van der Waals surface area contributed by atoms with Gasteiger partial charge >= 0.3 is 59.7 Å². The van der Waals surface area contributed by atoms with Gasteiger partial charge in [-0.2, -0.15) is 0 Å². The van der Waals surface area contributed by atoms with Crippen molar-refractivity contribution in [3.8, 4) is 0 Å². The first-order valence-corrected chi connectivity index (χ1v) is 43.3. The quantitative estimate of drug-likeness (QED) is 0.0115. The van der Waals surface area contributed by atoms with Crippen LogP contribution in [0.3, 0.4) is 0 Å². The van der Waals surface area contributed by atoms with E-state index in [0.717, 1.165) is 62.3 Å². The predicted octanol–water partition coefficient (Wildman–Crippen LogP) is -2.67. The molecule has 0 aliphatic carbocycles. The van der Waals surface area contributed by atoms with E-state index in [0.29, 0.717) is 18.4 Å². The van der Waals surface area contributed by atoms with Crippen molar-refractivity contribution in [2.45, 2.75) is 232 Å². The van der Waals surface area contributed by atoms with Gasteiger partial charge in [0.15, 0.2) is 55.5 Å². The van der Waals surface area contributed by atoms with E-state index in [-0.39, 0.29) is 178 Å². The first kappa shape index (κ1) is 116. The third-order valence-electron chi connectivity index (χ3n) is 18.3. The van der Waals surface area contributed by atoms with Crippen LogP contribution in [0.1, 0.15) is 127 Å². The number of nitrogens with one attached hydrogen (secondary N) is 7. The van der Waals surface area contributed by atoms with Gasteiger partial charge in [0.05, 0.1) is 119 Å². The Morgan fingerprint density at radius 2 is 0.649 bits per heavy atom. The highest BCUT2D eigenvalue weighted by atomic mass is 17.2. The summed E-state index contributed by atoms with van der Waals surface area (Å²) in [5.41, 5.74) is 0.657. The second kappa shape index (κ2) is 66.9. The summed E-state index contributed by atoms with van der Waals surface area (Å²) in [5.74, 6) is -11.9. The third kappa shape index (κ3) is 50.2. The molecule has 17 atom stereocenters. The molecule has 758 valence electrons. The van der Waals surface area contributed by atoms with Crippen molar-refractivity contribution < 1.29 is 205 Å². The fraction of sp³-hybridized carbons (Fsp3) is 0.726. The molecule has 0 bridgehead atoms. The third-order valence-corrected chi connectivity index (χ3v) is 18.3. The SMILES string of the molecule is CC(=O)N[C@H]1[C@H](OCCOCCOCCOCC(=O)NCCCC[C@H](NC(=O)COCCOCCOCCO[C@@H]2O[C@H](COC(C)=O)[C@H](OC(C)=O)[C@H](OC(C)=O)[C@H]2NC(C)=O)C(=O)N[C@@H](CCCCNC(=O)COCCOCCOCCO[C@@H]2O[C@H](OOC(C)=O)[C@H](OC(C)=O)[C@H](OC(C)=O)[C@H]2NC(C)=O)C(=O)OCc2ccccc2)O[C@H](COC(C)=O)[C@H](OC(C)=O)[C@@H]1OC(C)=O. The van der Waals surface area contributed by atoms with Crippen LogP contribution in [0.25, 0.3) is 0 Å². The first-order chi connectivity index (χ1) is 64.0. The van der Waals surface area contributed by atoms with E-state index >= 15 is 0 Å². The molecule has 1 aromatic rings. The maximum absolute atomic E-state index is 14.4. The highest BCUT2D eigenvalue weighted by molar-refractivity contribution is 5.91. The van der Waals surface area contributed by atoms with Gasteiger partial charge in [0.1, 0.15) is 82.1 Å². The normalized spacial score (nSPS) is 21.7. The summed E-state index contributed by atoms with van der Waals surface area (Å²) in [7, 11) is 0.